The first-order valence-corrected chi connectivity index (χ1v) is 10.7. The van der Waals surface area contributed by atoms with Crippen molar-refractivity contribution in [2.45, 2.75) is 41.5 Å². The molecule has 0 aliphatic heterocycles. The summed E-state index contributed by atoms with van der Waals surface area (Å²) in [7, 11) is 0. The highest BCUT2D eigenvalue weighted by Gasteiger charge is 2.24. The van der Waals surface area contributed by atoms with E-state index in [1.54, 1.807) is 59.7 Å². The van der Waals surface area contributed by atoms with Crippen molar-refractivity contribution in [1.29, 1.82) is 0 Å². The Balaban J connectivity index is 2.28. The predicted molar refractivity (Wildman–Crippen MR) is 130 cm³/mol. The number of carboxylic acid groups (broad SMARTS) is 1. The number of carbonyl (C=O) groups excluding carboxylic acids is 3. The second-order valence-corrected chi connectivity index (χ2v) is 9.87. The van der Waals surface area contributed by atoms with Gasteiger partial charge in [0.15, 0.2) is 6.61 Å². The Hall–Kier alpha value is -3.88. The standard InChI is InChI=1S/C25H31N3O6/c1-24(2,3)22(32)27-17-11-15(12-18(13-17)28-23(33)25(4,5)6)21(31)26-16-7-9-19(10-8-16)34-14-20(29)30/h7-13H,14H2,1-6H3,(H,26,31)(H,27,32)(H,28,33)(H,29,30). The molecule has 0 atom stereocenters. The number of amides is 3. The fourth-order valence-corrected chi connectivity index (χ4v) is 2.52. The molecule has 0 spiro atoms. The molecule has 0 aliphatic rings. The van der Waals surface area contributed by atoms with Crippen molar-refractivity contribution < 1.29 is 29.0 Å². The third-order valence-electron chi connectivity index (χ3n) is 4.55. The summed E-state index contributed by atoms with van der Waals surface area (Å²) in [5.41, 5.74) is 0.109. The average Bonchev–Trinajstić information content (AvgIpc) is 2.71. The summed E-state index contributed by atoms with van der Waals surface area (Å²) in [5, 5.41) is 17.0. The van der Waals surface area contributed by atoms with Gasteiger partial charge in [-0.25, -0.2) is 4.79 Å². The van der Waals surface area contributed by atoms with Crippen molar-refractivity contribution >= 4 is 40.8 Å². The average molecular weight is 470 g/mol. The van der Waals surface area contributed by atoms with E-state index in [4.69, 9.17) is 9.84 Å². The van der Waals surface area contributed by atoms with Crippen LogP contribution in [0.25, 0.3) is 0 Å². The Bertz CT molecular complexity index is 1030. The Labute approximate surface area is 198 Å². The van der Waals surface area contributed by atoms with E-state index in [2.05, 4.69) is 16.0 Å². The molecule has 0 radical (unpaired) electrons. The molecule has 9 heteroatoms. The first kappa shape index (κ1) is 26.4. The van der Waals surface area contributed by atoms with Gasteiger partial charge < -0.3 is 25.8 Å². The number of benzene rings is 2. The fraction of sp³-hybridized carbons (Fsp3) is 0.360. The monoisotopic (exact) mass is 469 g/mol. The van der Waals surface area contributed by atoms with Crippen molar-refractivity contribution in [2.75, 3.05) is 22.6 Å². The Morgan fingerprint density at radius 2 is 1.21 bits per heavy atom. The molecule has 0 aliphatic carbocycles. The smallest absolute Gasteiger partial charge is 0.341 e. The number of hydrogen-bond donors (Lipinski definition) is 4. The van der Waals surface area contributed by atoms with Crippen LogP contribution >= 0.6 is 0 Å². The zero-order chi connectivity index (χ0) is 25.7. The van der Waals surface area contributed by atoms with Gasteiger partial charge in [-0.05, 0) is 42.5 Å². The van der Waals surface area contributed by atoms with E-state index < -0.39 is 29.3 Å². The summed E-state index contributed by atoms with van der Waals surface area (Å²) in [6, 6.07) is 10.9. The lowest BCUT2D eigenvalue weighted by Crippen LogP contribution is -2.29. The molecule has 2 rings (SSSR count). The molecule has 4 N–H and O–H groups in total. The van der Waals surface area contributed by atoms with E-state index in [9.17, 15) is 19.2 Å². The number of aliphatic carboxylic acids is 1. The second-order valence-electron chi connectivity index (χ2n) is 9.87. The van der Waals surface area contributed by atoms with E-state index in [-0.39, 0.29) is 17.4 Å². The highest BCUT2D eigenvalue weighted by atomic mass is 16.5. The molecule has 9 nitrogen and oxygen atoms in total. The van der Waals surface area contributed by atoms with Gasteiger partial charge >= 0.3 is 5.97 Å². The number of nitrogens with one attached hydrogen (secondary N) is 3. The van der Waals surface area contributed by atoms with E-state index in [0.29, 0.717) is 22.8 Å². The molecular weight excluding hydrogens is 438 g/mol. The van der Waals surface area contributed by atoms with Gasteiger partial charge in [0.05, 0.1) is 0 Å². The third-order valence-corrected chi connectivity index (χ3v) is 4.55. The van der Waals surface area contributed by atoms with Gasteiger partial charge in [-0.15, -0.1) is 0 Å². The minimum absolute atomic E-state index is 0.224. The zero-order valence-electron chi connectivity index (χ0n) is 20.2. The SMILES string of the molecule is CC(C)(C)C(=O)Nc1cc(NC(=O)C(C)(C)C)cc(C(=O)Nc2ccc(OCC(=O)O)cc2)c1. The lowest BCUT2D eigenvalue weighted by Gasteiger charge is -2.20. The highest BCUT2D eigenvalue weighted by molar-refractivity contribution is 6.07. The van der Waals surface area contributed by atoms with E-state index in [1.807, 2.05) is 0 Å². The second kappa shape index (κ2) is 10.4. The molecule has 0 fully saturated rings. The summed E-state index contributed by atoms with van der Waals surface area (Å²) < 4.78 is 5.08. The van der Waals surface area contributed by atoms with Gasteiger partial charge in [0.1, 0.15) is 5.75 Å². The molecule has 34 heavy (non-hydrogen) atoms. The molecule has 0 aromatic heterocycles. The van der Waals surface area contributed by atoms with E-state index in [0.717, 1.165) is 0 Å². The Morgan fingerprint density at radius 1 is 0.735 bits per heavy atom. The van der Waals surface area contributed by atoms with Gasteiger partial charge in [0, 0.05) is 33.5 Å². The largest absolute Gasteiger partial charge is 0.482 e. The van der Waals surface area contributed by atoms with Crippen LogP contribution in [0.2, 0.25) is 0 Å². The predicted octanol–water partition coefficient (Wildman–Crippen LogP) is 4.37. The van der Waals surface area contributed by atoms with Crippen LogP contribution in [-0.2, 0) is 14.4 Å². The maximum atomic E-state index is 12.9. The van der Waals surface area contributed by atoms with Crippen LogP contribution in [0.5, 0.6) is 5.75 Å². The van der Waals surface area contributed by atoms with Crippen molar-refractivity contribution in [3.05, 3.63) is 48.0 Å². The molecule has 182 valence electrons. The van der Waals surface area contributed by atoms with Gasteiger partial charge in [-0.2, -0.15) is 0 Å². The molecule has 0 heterocycles. The quantitative estimate of drug-likeness (QED) is 0.476. The lowest BCUT2D eigenvalue weighted by atomic mass is 9.95. The molecular formula is C25H31N3O6. The molecule has 0 saturated carbocycles. The number of rotatable bonds is 7. The normalized spacial score (nSPS) is 11.4. The maximum Gasteiger partial charge on any atom is 0.341 e. The molecule has 0 saturated heterocycles. The molecule has 3 amide bonds. The Morgan fingerprint density at radius 3 is 1.62 bits per heavy atom. The fourth-order valence-electron chi connectivity index (χ4n) is 2.52. The number of hydrogen-bond acceptors (Lipinski definition) is 5. The highest BCUT2D eigenvalue weighted by Crippen LogP contribution is 2.25. The molecule has 2 aromatic rings. The van der Waals surface area contributed by atoms with Crippen molar-refractivity contribution in [3.8, 4) is 5.75 Å². The summed E-state index contributed by atoms with van der Waals surface area (Å²) in [4.78, 5) is 48.5. The van der Waals surface area contributed by atoms with E-state index in [1.165, 1.54) is 24.3 Å². The minimum atomic E-state index is -1.09. The topological polar surface area (TPSA) is 134 Å². The first-order chi connectivity index (χ1) is 15.6. The van der Waals surface area contributed by atoms with Gasteiger partial charge in [0.2, 0.25) is 11.8 Å². The number of ether oxygens (including phenoxy) is 1. The number of carboxylic acids is 1. The van der Waals surface area contributed by atoms with Crippen LogP contribution in [0.4, 0.5) is 17.1 Å². The van der Waals surface area contributed by atoms with Crippen LogP contribution < -0.4 is 20.7 Å². The first-order valence-electron chi connectivity index (χ1n) is 10.7. The number of carbonyl (C=O) groups is 4. The summed E-state index contributed by atoms with van der Waals surface area (Å²) in [6.45, 7) is 10.1. The van der Waals surface area contributed by atoms with Crippen LogP contribution in [-0.4, -0.2) is 35.4 Å². The molecule has 0 unspecified atom stereocenters. The zero-order valence-corrected chi connectivity index (χ0v) is 20.2. The van der Waals surface area contributed by atoms with Gasteiger partial charge in [-0.1, -0.05) is 41.5 Å². The summed E-state index contributed by atoms with van der Waals surface area (Å²) in [6.07, 6.45) is 0. The summed E-state index contributed by atoms with van der Waals surface area (Å²) >= 11 is 0. The molecule has 0 bridgehead atoms. The van der Waals surface area contributed by atoms with E-state index >= 15 is 0 Å². The Kier molecular flexibility index (Phi) is 8.04. The van der Waals surface area contributed by atoms with Gasteiger partial charge in [-0.3, -0.25) is 14.4 Å². The van der Waals surface area contributed by atoms with Crippen molar-refractivity contribution in [2.24, 2.45) is 10.8 Å². The van der Waals surface area contributed by atoms with Crippen LogP contribution in [0, 0.1) is 10.8 Å². The number of anilines is 3. The minimum Gasteiger partial charge on any atom is -0.482 e. The summed E-state index contributed by atoms with van der Waals surface area (Å²) in [5.74, 6) is -1.69. The van der Waals surface area contributed by atoms with Crippen molar-refractivity contribution in [3.63, 3.8) is 0 Å². The third kappa shape index (κ3) is 7.91. The van der Waals surface area contributed by atoms with Crippen LogP contribution in [0.3, 0.4) is 0 Å². The maximum absolute atomic E-state index is 12.9. The van der Waals surface area contributed by atoms with Crippen LogP contribution in [0.15, 0.2) is 42.5 Å². The lowest BCUT2D eigenvalue weighted by molar-refractivity contribution is -0.139. The molecule has 2 aromatic carbocycles. The van der Waals surface area contributed by atoms with Crippen molar-refractivity contribution in [1.82, 2.24) is 0 Å². The van der Waals surface area contributed by atoms with Gasteiger partial charge in [0.25, 0.3) is 5.91 Å². The van der Waals surface area contributed by atoms with Crippen LogP contribution in [0.1, 0.15) is 51.9 Å².